The number of rotatable bonds is 3. The minimum absolute atomic E-state index is 0.399. The maximum Gasteiger partial charge on any atom is 0.0916 e. The van der Waals surface area contributed by atoms with Gasteiger partial charge < -0.3 is 4.74 Å². The average Bonchev–Trinajstić information content (AvgIpc) is 3.12. The standard InChI is InChI=1S/C16H28O/c1-2-3-13-4-6-14(7-5-13)15-8-10-16(11-9-15)12-17-16/h13-15H,2-12H2,1H3. The predicted octanol–water partition coefficient (Wildman–Crippen LogP) is 4.55. The summed E-state index contributed by atoms with van der Waals surface area (Å²) in [5.74, 6) is 3.18. The van der Waals surface area contributed by atoms with Crippen LogP contribution in [0.5, 0.6) is 0 Å². The van der Waals surface area contributed by atoms with Gasteiger partial charge in [0.05, 0.1) is 12.2 Å². The van der Waals surface area contributed by atoms with Crippen LogP contribution in [0.4, 0.5) is 0 Å². The minimum atomic E-state index is 0.399. The molecular weight excluding hydrogens is 208 g/mol. The van der Waals surface area contributed by atoms with Gasteiger partial charge in [-0.15, -0.1) is 0 Å². The molecule has 3 aliphatic rings. The first kappa shape index (κ1) is 12.0. The Kier molecular flexibility index (Phi) is 3.47. The van der Waals surface area contributed by atoms with Crippen molar-refractivity contribution in [3.05, 3.63) is 0 Å². The molecule has 3 rings (SSSR count). The van der Waals surface area contributed by atoms with E-state index in [-0.39, 0.29) is 0 Å². The zero-order chi connectivity index (χ0) is 11.7. The largest absolute Gasteiger partial charge is 0.370 e. The van der Waals surface area contributed by atoms with Gasteiger partial charge in [-0.2, -0.15) is 0 Å². The third-order valence-corrected chi connectivity index (χ3v) is 5.75. The second-order valence-corrected chi connectivity index (χ2v) is 6.88. The van der Waals surface area contributed by atoms with Crippen LogP contribution in [0.1, 0.15) is 71.1 Å². The molecule has 0 aromatic heterocycles. The fraction of sp³-hybridized carbons (Fsp3) is 1.00. The Morgan fingerprint density at radius 2 is 1.53 bits per heavy atom. The summed E-state index contributed by atoms with van der Waals surface area (Å²) in [5, 5.41) is 0. The first-order chi connectivity index (χ1) is 8.31. The highest BCUT2D eigenvalue weighted by Crippen LogP contribution is 2.48. The molecule has 0 aromatic carbocycles. The molecule has 0 bridgehead atoms. The van der Waals surface area contributed by atoms with E-state index >= 15 is 0 Å². The van der Waals surface area contributed by atoms with Crippen molar-refractivity contribution in [2.75, 3.05) is 6.61 Å². The van der Waals surface area contributed by atoms with Crippen molar-refractivity contribution in [2.24, 2.45) is 17.8 Å². The van der Waals surface area contributed by atoms with Crippen LogP contribution < -0.4 is 0 Å². The molecule has 1 heteroatoms. The van der Waals surface area contributed by atoms with E-state index in [1.807, 2.05) is 0 Å². The van der Waals surface area contributed by atoms with Crippen LogP contribution in [-0.2, 0) is 4.74 Å². The molecule has 0 amide bonds. The van der Waals surface area contributed by atoms with Crippen molar-refractivity contribution in [2.45, 2.75) is 76.7 Å². The lowest BCUT2D eigenvalue weighted by atomic mass is 9.69. The second-order valence-electron chi connectivity index (χ2n) is 6.88. The molecule has 1 heterocycles. The lowest BCUT2D eigenvalue weighted by Crippen LogP contribution is -2.28. The van der Waals surface area contributed by atoms with Gasteiger partial charge in [-0.1, -0.05) is 32.6 Å². The van der Waals surface area contributed by atoms with Crippen molar-refractivity contribution in [3.8, 4) is 0 Å². The fourth-order valence-electron chi connectivity index (χ4n) is 4.38. The molecule has 0 unspecified atom stereocenters. The molecule has 0 aromatic rings. The Labute approximate surface area is 106 Å². The van der Waals surface area contributed by atoms with Crippen LogP contribution in [0.2, 0.25) is 0 Å². The summed E-state index contributed by atoms with van der Waals surface area (Å²) >= 11 is 0. The zero-order valence-corrected chi connectivity index (χ0v) is 11.4. The van der Waals surface area contributed by atoms with Crippen LogP contribution in [-0.4, -0.2) is 12.2 Å². The monoisotopic (exact) mass is 236 g/mol. The maximum atomic E-state index is 5.62. The van der Waals surface area contributed by atoms with Gasteiger partial charge in [0.15, 0.2) is 0 Å². The van der Waals surface area contributed by atoms with E-state index in [0.717, 1.165) is 24.4 Å². The van der Waals surface area contributed by atoms with E-state index in [4.69, 9.17) is 4.74 Å². The predicted molar refractivity (Wildman–Crippen MR) is 71.0 cm³/mol. The fourth-order valence-corrected chi connectivity index (χ4v) is 4.38. The summed E-state index contributed by atoms with van der Waals surface area (Å²) in [7, 11) is 0. The van der Waals surface area contributed by atoms with Crippen molar-refractivity contribution in [1.82, 2.24) is 0 Å². The Hall–Kier alpha value is -0.0400. The van der Waals surface area contributed by atoms with Gasteiger partial charge in [0.1, 0.15) is 0 Å². The lowest BCUT2D eigenvalue weighted by Gasteiger charge is -2.37. The first-order valence-electron chi connectivity index (χ1n) is 7.95. The van der Waals surface area contributed by atoms with Crippen molar-refractivity contribution < 1.29 is 4.74 Å². The zero-order valence-electron chi connectivity index (χ0n) is 11.4. The molecule has 17 heavy (non-hydrogen) atoms. The van der Waals surface area contributed by atoms with E-state index in [2.05, 4.69) is 6.92 Å². The minimum Gasteiger partial charge on any atom is -0.370 e. The van der Waals surface area contributed by atoms with Gasteiger partial charge in [0.25, 0.3) is 0 Å². The quantitative estimate of drug-likeness (QED) is 0.655. The number of hydrogen-bond donors (Lipinski definition) is 0. The van der Waals surface area contributed by atoms with Crippen molar-refractivity contribution >= 4 is 0 Å². The van der Waals surface area contributed by atoms with Gasteiger partial charge in [0.2, 0.25) is 0 Å². The molecule has 0 atom stereocenters. The Morgan fingerprint density at radius 1 is 0.941 bits per heavy atom. The van der Waals surface area contributed by atoms with Gasteiger partial charge in [-0.3, -0.25) is 0 Å². The molecular formula is C16H28O. The number of ether oxygens (including phenoxy) is 1. The lowest BCUT2D eigenvalue weighted by molar-refractivity contribution is 0.124. The Bertz CT molecular complexity index is 238. The normalized spacial score (nSPS) is 46.1. The SMILES string of the molecule is CCCC1CCC(C2CCC3(CC2)CO3)CC1. The smallest absolute Gasteiger partial charge is 0.0916 e. The van der Waals surface area contributed by atoms with Gasteiger partial charge in [0, 0.05) is 0 Å². The molecule has 0 N–H and O–H groups in total. The summed E-state index contributed by atoms with van der Waals surface area (Å²) < 4.78 is 5.62. The molecule has 98 valence electrons. The van der Waals surface area contributed by atoms with Crippen molar-refractivity contribution in [3.63, 3.8) is 0 Å². The van der Waals surface area contributed by atoms with Gasteiger partial charge in [-0.05, 0) is 56.3 Å². The molecule has 2 saturated carbocycles. The maximum absolute atomic E-state index is 5.62. The third kappa shape index (κ3) is 2.70. The first-order valence-corrected chi connectivity index (χ1v) is 7.95. The van der Waals surface area contributed by atoms with Crippen molar-refractivity contribution in [1.29, 1.82) is 0 Å². The molecule has 1 saturated heterocycles. The molecule has 1 aliphatic heterocycles. The van der Waals surface area contributed by atoms with Crippen LogP contribution in [0, 0.1) is 17.8 Å². The highest BCUT2D eigenvalue weighted by Gasteiger charge is 2.47. The highest BCUT2D eigenvalue weighted by molar-refractivity contribution is 4.97. The summed E-state index contributed by atoms with van der Waals surface area (Å²) in [4.78, 5) is 0. The number of hydrogen-bond acceptors (Lipinski definition) is 1. The third-order valence-electron chi connectivity index (χ3n) is 5.75. The van der Waals surface area contributed by atoms with E-state index in [9.17, 15) is 0 Å². The molecule has 0 radical (unpaired) electrons. The molecule has 3 fully saturated rings. The summed E-state index contributed by atoms with van der Waals surface area (Å²) in [5.41, 5.74) is 0.399. The summed E-state index contributed by atoms with van der Waals surface area (Å²) in [6.45, 7) is 3.41. The summed E-state index contributed by atoms with van der Waals surface area (Å²) in [6.07, 6.45) is 14.6. The van der Waals surface area contributed by atoms with Crippen LogP contribution in [0.15, 0.2) is 0 Å². The van der Waals surface area contributed by atoms with E-state index in [1.165, 1.54) is 64.2 Å². The Morgan fingerprint density at radius 3 is 2.06 bits per heavy atom. The molecule has 1 nitrogen and oxygen atoms in total. The average molecular weight is 236 g/mol. The van der Waals surface area contributed by atoms with E-state index in [0.29, 0.717) is 5.60 Å². The van der Waals surface area contributed by atoms with Gasteiger partial charge in [-0.25, -0.2) is 0 Å². The van der Waals surface area contributed by atoms with Crippen LogP contribution >= 0.6 is 0 Å². The number of epoxide rings is 1. The Balaban J connectivity index is 1.43. The molecule has 1 spiro atoms. The van der Waals surface area contributed by atoms with E-state index < -0.39 is 0 Å². The second kappa shape index (κ2) is 4.91. The topological polar surface area (TPSA) is 12.5 Å². The van der Waals surface area contributed by atoms with Crippen LogP contribution in [0.3, 0.4) is 0 Å². The summed E-state index contributed by atoms with van der Waals surface area (Å²) in [6, 6.07) is 0. The highest BCUT2D eigenvalue weighted by atomic mass is 16.6. The van der Waals surface area contributed by atoms with Gasteiger partial charge >= 0.3 is 0 Å². The molecule has 2 aliphatic carbocycles. The van der Waals surface area contributed by atoms with Crippen LogP contribution in [0.25, 0.3) is 0 Å². The van der Waals surface area contributed by atoms with E-state index in [1.54, 1.807) is 0 Å².